The summed E-state index contributed by atoms with van der Waals surface area (Å²) < 4.78 is 41.1. The fourth-order valence-electron chi connectivity index (χ4n) is 2.56. The second-order valence-electron chi connectivity index (χ2n) is 5.14. The summed E-state index contributed by atoms with van der Waals surface area (Å²) in [6.07, 6.45) is -2.56. The van der Waals surface area contributed by atoms with Crippen LogP contribution in [-0.4, -0.2) is 22.9 Å². The Hall–Kier alpha value is -1.89. The van der Waals surface area contributed by atoms with Crippen molar-refractivity contribution in [3.63, 3.8) is 0 Å². The van der Waals surface area contributed by atoms with E-state index in [4.69, 9.17) is 4.52 Å². The number of hydrogen-bond donors (Lipinski definition) is 1. The molecule has 1 aromatic carbocycles. The second-order valence-corrected chi connectivity index (χ2v) is 5.14. The summed E-state index contributed by atoms with van der Waals surface area (Å²) in [5.41, 5.74) is 2.54. The van der Waals surface area contributed by atoms with E-state index in [1.54, 1.807) is 0 Å². The summed E-state index contributed by atoms with van der Waals surface area (Å²) in [5.74, 6) is 0.891. The fraction of sp³-hybridized carbons (Fsp3) is 0.429. The van der Waals surface area contributed by atoms with Crippen molar-refractivity contribution in [3.05, 3.63) is 47.1 Å². The predicted octanol–water partition coefficient (Wildman–Crippen LogP) is 2.60. The third-order valence-electron chi connectivity index (χ3n) is 3.50. The van der Waals surface area contributed by atoms with Gasteiger partial charge in [-0.3, -0.25) is 0 Å². The molecule has 3 rings (SSSR count). The Labute approximate surface area is 119 Å². The molecule has 1 aliphatic rings. The molecular weight excluding hydrogens is 283 g/mol. The van der Waals surface area contributed by atoms with Gasteiger partial charge in [-0.2, -0.15) is 18.2 Å². The number of halogens is 3. The summed E-state index contributed by atoms with van der Waals surface area (Å²) in [6.45, 7) is -1.15. The molecule has 0 aliphatic heterocycles. The van der Waals surface area contributed by atoms with Gasteiger partial charge in [0.25, 0.3) is 0 Å². The average Bonchev–Trinajstić information content (AvgIpc) is 3.02. The van der Waals surface area contributed by atoms with Gasteiger partial charge in [0, 0.05) is 5.92 Å². The van der Waals surface area contributed by atoms with Crippen molar-refractivity contribution in [2.45, 2.75) is 31.5 Å². The molecule has 0 saturated carbocycles. The zero-order valence-corrected chi connectivity index (χ0v) is 11.2. The van der Waals surface area contributed by atoms with Gasteiger partial charge < -0.3 is 9.84 Å². The standard InChI is InChI=1S/C14H14F3N3O/c15-14(16,17)8-18-7-12-19-13(20-21-12)11-5-9-3-1-2-4-10(9)6-11/h1-4,11,18H,5-8H2. The molecule has 1 heterocycles. The van der Waals surface area contributed by atoms with E-state index in [-0.39, 0.29) is 18.4 Å². The summed E-state index contributed by atoms with van der Waals surface area (Å²) in [5, 5.41) is 6.13. The van der Waals surface area contributed by atoms with Gasteiger partial charge in [-0.15, -0.1) is 0 Å². The van der Waals surface area contributed by atoms with Crippen LogP contribution in [0.15, 0.2) is 28.8 Å². The van der Waals surface area contributed by atoms with Gasteiger partial charge in [0.2, 0.25) is 5.89 Å². The van der Waals surface area contributed by atoms with E-state index >= 15 is 0 Å². The van der Waals surface area contributed by atoms with E-state index in [1.165, 1.54) is 11.1 Å². The summed E-state index contributed by atoms with van der Waals surface area (Å²) in [6, 6.07) is 8.12. The number of fused-ring (bicyclic) bond motifs is 1. The van der Waals surface area contributed by atoms with E-state index in [1.807, 2.05) is 12.1 Å². The van der Waals surface area contributed by atoms with Gasteiger partial charge in [0.05, 0.1) is 13.1 Å². The largest absolute Gasteiger partial charge is 0.401 e. The third-order valence-corrected chi connectivity index (χ3v) is 3.50. The maximum atomic E-state index is 12.0. The van der Waals surface area contributed by atoms with Crippen molar-refractivity contribution in [1.82, 2.24) is 15.5 Å². The first-order valence-electron chi connectivity index (χ1n) is 6.68. The highest BCUT2D eigenvalue weighted by molar-refractivity contribution is 5.34. The molecule has 1 aliphatic carbocycles. The minimum Gasteiger partial charge on any atom is -0.338 e. The molecule has 21 heavy (non-hydrogen) atoms. The number of nitrogens with one attached hydrogen (secondary N) is 1. The predicted molar refractivity (Wildman–Crippen MR) is 68.7 cm³/mol. The van der Waals surface area contributed by atoms with Crippen LogP contribution in [0.2, 0.25) is 0 Å². The molecular formula is C14H14F3N3O. The van der Waals surface area contributed by atoms with Crippen LogP contribution >= 0.6 is 0 Å². The van der Waals surface area contributed by atoms with Crippen molar-refractivity contribution in [2.24, 2.45) is 0 Å². The van der Waals surface area contributed by atoms with Gasteiger partial charge in [0.1, 0.15) is 0 Å². The molecule has 112 valence electrons. The van der Waals surface area contributed by atoms with Crippen LogP contribution in [0.1, 0.15) is 28.8 Å². The first kappa shape index (κ1) is 14.1. The van der Waals surface area contributed by atoms with E-state index in [2.05, 4.69) is 27.6 Å². The average molecular weight is 297 g/mol. The number of rotatable bonds is 4. The first-order chi connectivity index (χ1) is 10.0. The van der Waals surface area contributed by atoms with Gasteiger partial charge in [-0.05, 0) is 24.0 Å². The number of nitrogens with zero attached hydrogens (tertiary/aromatic N) is 2. The van der Waals surface area contributed by atoms with Crippen LogP contribution in [0.5, 0.6) is 0 Å². The molecule has 1 N–H and O–H groups in total. The molecule has 2 aromatic rings. The molecule has 0 bridgehead atoms. The van der Waals surface area contributed by atoms with Gasteiger partial charge in [0.15, 0.2) is 5.82 Å². The van der Waals surface area contributed by atoms with E-state index in [0.717, 1.165) is 12.8 Å². The third kappa shape index (κ3) is 3.41. The van der Waals surface area contributed by atoms with E-state index in [9.17, 15) is 13.2 Å². The van der Waals surface area contributed by atoms with Crippen molar-refractivity contribution in [3.8, 4) is 0 Å². The number of aromatic nitrogens is 2. The van der Waals surface area contributed by atoms with Gasteiger partial charge >= 0.3 is 6.18 Å². The molecule has 4 nitrogen and oxygen atoms in total. The van der Waals surface area contributed by atoms with E-state index < -0.39 is 12.7 Å². The number of benzene rings is 1. The lowest BCUT2D eigenvalue weighted by Crippen LogP contribution is -2.28. The zero-order valence-electron chi connectivity index (χ0n) is 11.2. The second kappa shape index (κ2) is 5.48. The zero-order chi connectivity index (χ0) is 14.9. The van der Waals surface area contributed by atoms with Crippen LogP contribution in [0.4, 0.5) is 13.2 Å². The lowest BCUT2D eigenvalue weighted by atomic mass is 10.1. The summed E-state index contributed by atoms with van der Waals surface area (Å²) >= 11 is 0. The Morgan fingerprint density at radius 2 is 1.86 bits per heavy atom. The summed E-state index contributed by atoms with van der Waals surface area (Å²) in [4.78, 5) is 4.19. The van der Waals surface area contributed by atoms with Crippen molar-refractivity contribution in [2.75, 3.05) is 6.54 Å². The normalized spacial score (nSPS) is 15.4. The Morgan fingerprint density at radius 1 is 1.19 bits per heavy atom. The van der Waals surface area contributed by atoms with Crippen LogP contribution in [0.3, 0.4) is 0 Å². The lowest BCUT2D eigenvalue weighted by Gasteiger charge is -2.05. The highest BCUT2D eigenvalue weighted by atomic mass is 19.4. The quantitative estimate of drug-likeness (QED) is 0.942. The maximum absolute atomic E-state index is 12.0. The number of hydrogen-bond acceptors (Lipinski definition) is 4. The van der Waals surface area contributed by atoms with Crippen LogP contribution < -0.4 is 5.32 Å². The smallest absolute Gasteiger partial charge is 0.338 e. The minimum atomic E-state index is -4.24. The number of alkyl halides is 3. The molecule has 0 saturated heterocycles. The molecule has 0 unspecified atom stereocenters. The van der Waals surface area contributed by atoms with Crippen molar-refractivity contribution < 1.29 is 17.7 Å². The topological polar surface area (TPSA) is 51.0 Å². The monoisotopic (exact) mass is 297 g/mol. The Bertz CT molecular complexity index is 599. The SMILES string of the molecule is FC(F)(F)CNCc1nc(C2Cc3ccccc3C2)no1. The molecule has 0 radical (unpaired) electrons. The molecule has 1 aromatic heterocycles. The Balaban J connectivity index is 1.59. The molecule has 7 heteroatoms. The van der Waals surface area contributed by atoms with Gasteiger partial charge in [-0.1, -0.05) is 29.4 Å². The highest BCUT2D eigenvalue weighted by Crippen LogP contribution is 2.32. The Morgan fingerprint density at radius 3 is 2.48 bits per heavy atom. The lowest BCUT2D eigenvalue weighted by molar-refractivity contribution is -0.125. The summed E-state index contributed by atoms with van der Waals surface area (Å²) in [7, 11) is 0. The maximum Gasteiger partial charge on any atom is 0.401 e. The molecule has 0 atom stereocenters. The highest BCUT2D eigenvalue weighted by Gasteiger charge is 2.28. The minimum absolute atomic E-state index is 0.0772. The van der Waals surface area contributed by atoms with Crippen molar-refractivity contribution >= 4 is 0 Å². The van der Waals surface area contributed by atoms with Crippen molar-refractivity contribution in [1.29, 1.82) is 0 Å². The first-order valence-corrected chi connectivity index (χ1v) is 6.68. The fourth-order valence-corrected chi connectivity index (χ4v) is 2.56. The van der Waals surface area contributed by atoms with Crippen LogP contribution in [-0.2, 0) is 19.4 Å². The molecule has 0 amide bonds. The molecule has 0 fully saturated rings. The van der Waals surface area contributed by atoms with Crippen LogP contribution in [0, 0.1) is 0 Å². The van der Waals surface area contributed by atoms with Gasteiger partial charge in [-0.25, -0.2) is 0 Å². The van der Waals surface area contributed by atoms with Crippen LogP contribution in [0.25, 0.3) is 0 Å². The Kier molecular flexibility index (Phi) is 3.67. The van der Waals surface area contributed by atoms with E-state index in [0.29, 0.717) is 5.82 Å². The molecule has 0 spiro atoms.